The van der Waals surface area contributed by atoms with Gasteiger partial charge in [-0.2, -0.15) is 8.78 Å². The molecule has 1 heterocycles. The van der Waals surface area contributed by atoms with Crippen molar-refractivity contribution >= 4 is 0 Å². The first-order chi connectivity index (χ1) is 9.33. The summed E-state index contributed by atoms with van der Waals surface area (Å²) in [5.41, 5.74) is 0. The number of halogens is 10. The summed E-state index contributed by atoms with van der Waals surface area (Å²) in [6, 6.07) is 0. The molecule has 2 atom stereocenters. The lowest BCUT2D eigenvalue weighted by atomic mass is 9.98. The third-order valence-electron chi connectivity index (χ3n) is 2.67. The summed E-state index contributed by atoms with van der Waals surface area (Å²) in [6.07, 6.45) is -13.8. The zero-order valence-electron chi connectivity index (χ0n) is 10.7. The second-order valence-electron chi connectivity index (χ2n) is 4.66. The maximum Gasteiger partial charge on any atom is 0.525 e. The van der Waals surface area contributed by atoms with Gasteiger partial charge in [0.1, 0.15) is 0 Å². The van der Waals surface area contributed by atoms with E-state index in [9.17, 15) is 43.9 Å². The van der Waals surface area contributed by atoms with Crippen molar-refractivity contribution in [1.82, 2.24) is 0 Å². The maximum atomic E-state index is 14.1. The van der Waals surface area contributed by atoms with Crippen LogP contribution in [-0.2, 0) is 14.2 Å². The van der Waals surface area contributed by atoms with Gasteiger partial charge in [0.05, 0.1) is 6.42 Å². The third kappa shape index (κ3) is 3.74. The first kappa shape index (κ1) is 19.2. The van der Waals surface area contributed by atoms with Crippen LogP contribution in [0.5, 0.6) is 0 Å². The summed E-state index contributed by atoms with van der Waals surface area (Å²) in [7, 11) is 0. The predicted molar refractivity (Wildman–Crippen MR) is 46.7 cm³/mol. The quantitative estimate of drug-likeness (QED) is 0.709. The third-order valence-corrected chi connectivity index (χ3v) is 2.67. The highest BCUT2D eigenvalue weighted by Crippen LogP contribution is 2.55. The highest BCUT2D eigenvalue weighted by atomic mass is 19.4. The van der Waals surface area contributed by atoms with Crippen molar-refractivity contribution in [2.24, 2.45) is 0 Å². The second-order valence-corrected chi connectivity index (χ2v) is 4.66. The summed E-state index contributed by atoms with van der Waals surface area (Å²) < 4.78 is 137. The molecule has 0 aromatic heterocycles. The monoisotopic (exact) mass is 354 g/mol. The molecule has 1 rings (SSSR count). The molecule has 0 amide bonds. The molecule has 0 N–H and O–H groups in total. The van der Waals surface area contributed by atoms with E-state index in [1.807, 2.05) is 0 Å². The van der Waals surface area contributed by atoms with Crippen LogP contribution in [0.25, 0.3) is 0 Å². The fourth-order valence-electron chi connectivity index (χ4n) is 1.56. The molecule has 3 nitrogen and oxygen atoms in total. The molecule has 132 valence electrons. The number of hydrogen-bond donors (Lipinski definition) is 0. The van der Waals surface area contributed by atoms with E-state index in [4.69, 9.17) is 0 Å². The second kappa shape index (κ2) is 4.84. The SMILES string of the molecule is CC(F)(F)C(F)(F)CC1(F)OC(F)(F)OC1(C)OC(F)(F)F. The smallest absolute Gasteiger partial charge is 0.257 e. The van der Waals surface area contributed by atoms with Crippen LogP contribution >= 0.6 is 0 Å². The van der Waals surface area contributed by atoms with E-state index >= 15 is 0 Å². The van der Waals surface area contributed by atoms with Gasteiger partial charge in [-0.3, -0.25) is 14.2 Å². The number of alkyl halides is 10. The molecule has 2 unspecified atom stereocenters. The van der Waals surface area contributed by atoms with E-state index in [0.29, 0.717) is 0 Å². The lowest BCUT2D eigenvalue weighted by Crippen LogP contribution is -2.56. The minimum Gasteiger partial charge on any atom is -0.257 e. The molecule has 1 saturated heterocycles. The Balaban J connectivity index is 3.21. The molecule has 0 radical (unpaired) electrons. The van der Waals surface area contributed by atoms with E-state index in [1.54, 1.807) is 0 Å². The normalized spacial score (nSPS) is 33.3. The lowest BCUT2D eigenvalue weighted by Gasteiger charge is -2.36. The van der Waals surface area contributed by atoms with Gasteiger partial charge in [-0.1, -0.05) is 0 Å². The molecular weight excluding hydrogens is 346 g/mol. The van der Waals surface area contributed by atoms with Gasteiger partial charge in [-0.25, -0.2) is 13.2 Å². The Morgan fingerprint density at radius 2 is 1.36 bits per heavy atom. The highest BCUT2D eigenvalue weighted by Gasteiger charge is 2.75. The van der Waals surface area contributed by atoms with Crippen molar-refractivity contribution in [3.63, 3.8) is 0 Å². The molecule has 0 saturated carbocycles. The molecule has 0 spiro atoms. The zero-order chi connectivity index (χ0) is 17.8. The van der Waals surface area contributed by atoms with Gasteiger partial charge in [0.25, 0.3) is 5.85 Å². The highest BCUT2D eigenvalue weighted by molar-refractivity contribution is 4.97. The Hall–Kier alpha value is -0.820. The first-order valence-corrected chi connectivity index (χ1v) is 5.32. The fraction of sp³-hybridized carbons (Fsp3) is 1.00. The van der Waals surface area contributed by atoms with Gasteiger partial charge in [0.15, 0.2) is 0 Å². The average molecular weight is 354 g/mol. The van der Waals surface area contributed by atoms with Crippen molar-refractivity contribution in [2.75, 3.05) is 0 Å². The van der Waals surface area contributed by atoms with Crippen LogP contribution in [0.4, 0.5) is 43.9 Å². The van der Waals surface area contributed by atoms with E-state index in [0.717, 1.165) is 0 Å². The number of hydrogen-bond acceptors (Lipinski definition) is 3. The van der Waals surface area contributed by atoms with E-state index in [1.165, 1.54) is 0 Å². The first-order valence-electron chi connectivity index (χ1n) is 5.32. The Labute approximate surface area is 116 Å². The molecule has 22 heavy (non-hydrogen) atoms. The standard InChI is InChI=1S/C9H8F10O3/c1-4(10,11)6(12,13)3-7(14)5(2,20-8(15,16)17)21-9(18,19)22-7/h3H2,1-2H3. The van der Waals surface area contributed by atoms with Gasteiger partial charge in [0.2, 0.25) is 5.79 Å². The summed E-state index contributed by atoms with van der Waals surface area (Å²) in [5.74, 6) is -19.1. The largest absolute Gasteiger partial charge is 0.525 e. The van der Waals surface area contributed by atoms with Gasteiger partial charge < -0.3 is 0 Å². The molecule has 0 aliphatic carbocycles. The number of rotatable bonds is 4. The van der Waals surface area contributed by atoms with Crippen LogP contribution in [0.15, 0.2) is 0 Å². The molecule has 13 heteroatoms. The van der Waals surface area contributed by atoms with Crippen molar-refractivity contribution in [3.8, 4) is 0 Å². The molecule has 0 aromatic carbocycles. The zero-order valence-corrected chi connectivity index (χ0v) is 10.7. The fourth-order valence-corrected chi connectivity index (χ4v) is 1.56. The van der Waals surface area contributed by atoms with Crippen LogP contribution in [0, 0.1) is 0 Å². The van der Waals surface area contributed by atoms with Gasteiger partial charge in [0, 0.05) is 6.92 Å². The Morgan fingerprint density at radius 3 is 1.73 bits per heavy atom. The minimum atomic E-state index is -5.81. The molecule has 1 fully saturated rings. The maximum absolute atomic E-state index is 14.1. The summed E-state index contributed by atoms with van der Waals surface area (Å²) in [5, 5.41) is 0. The Kier molecular flexibility index (Phi) is 4.23. The number of ether oxygens (including phenoxy) is 3. The van der Waals surface area contributed by atoms with Crippen LogP contribution in [0.3, 0.4) is 0 Å². The van der Waals surface area contributed by atoms with Crippen LogP contribution in [-0.4, -0.2) is 36.1 Å². The summed E-state index contributed by atoms with van der Waals surface area (Å²) in [4.78, 5) is 0. The molecule has 1 aliphatic rings. The van der Waals surface area contributed by atoms with Crippen LogP contribution in [0.2, 0.25) is 0 Å². The summed E-state index contributed by atoms with van der Waals surface area (Å²) in [6.45, 7) is -0.516. The van der Waals surface area contributed by atoms with E-state index in [2.05, 4.69) is 14.2 Å². The van der Waals surface area contributed by atoms with Crippen molar-refractivity contribution in [3.05, 3.63) is 0 Å². The molecular formula is C9H8F10O3. The van der Waals surface area contributed by atoms with Gasteiger partial charge >= 0.3 is 24.5 Å². The van der Waals surface area contributed by atoms with E-state index < -0.39 is 42.6 Å². The van der Waals surface area contributed by atoms with Crippen molar-refractivity contribution < 1.29 is 58.1 Å². The average Bonchev–Trinajstić information content (AvgIpc) is 2.23. The van der Waals surface area contributed by atoms with E-state index in [-0.39, 0.29) is 13.8 Å². The summed E-state index contributed by atoms with van der Waals surface area (Å²) >= 11 is 0. The lowest BCUT2D eigenvalue weighted by molar-refractivity contribution is -0.447. The Bertz CT molecular complexity index is 430. The van der Waals surface area contributed by atoms with Gasteiger partial charge in [-0.05, 0) is 6.92 Å². The Morgan fingerprint density at radius 1 is 0.909 bits per heavy atom. The predicted octanol–water partition coefficient (Wildman–Crippen LogP) is 4.18. The van der Waals surface area contributed by atoms with Crippen molar-refractivity contribution in [2.45, 2.75) is 56.4 Å². The van der Waals surface area contributed by atoms with Crippen LogP contribution < -0.4 is 0 Å². The van der Waals surface area contributed by atoms with Crippen LogP contribution in [0.1, 0.15) is 20.3 Å². The topological polar surface area (TPSA) is 27.7 Å². The minimum absolute atomic E-state index is 0.134. The van der Waals surface area contributed by atoms with Gasteiger partial charge in [-0.15, -0.1) is 22.0 Å². The molecule has 0 aromatic rings. The van der Waals surface area contributed by atoms with Crippen molar-refractivity contribution in [1.29, 1.82) is 0 Å². The molecule has 0 bridgehead atoms. The molecule has 1 aliphatic heterocycles.